The van der Waals surface area contributed by atoms with Crippen molar-refractivity contribution in [1.29, 1.82) is 0 Å². The summed E-state index contributed by atoms with van der Waals surface area (Å²) in [4.78, 5) is 30.4. The van der Waals surface area contributed by atoms with Gasteiger partial charge in [0.1, 0.15) is 5.82 Å². The van der Waals surface area contributed by atoms with Crippen LogP contribution in [0.4, 0.5) is 0 Å². The minimum absolute atomic E-state index is 0.202. The smallest absolute Gasteiger partial charge is 0.267 e. The fraction of sp³-hybridized carbons (Fsp3) is 0.200. The van der Waals surface area contributed by atoms with Gasteiger partial charge in [0.2, 0.25) is 0 Å². The zero-order chi connectivity index (χ0) is 23.5. The summed E-state index contributed by atoms with van der Waals surface area (Å²) >= 11 is 3.42. The molecule has 4 rings (SSSR count). The van der Waals surface area contributed by atoms with E-state index in [1.54, 1.807) is 29.1 Å². The number of aromatic nitrogens is 3. The number of halogens is 1. The van der Waals surface area contributed by atoms with Crippen LogP contribution in [0.5, 0.6) is 0 Å². The summed E-state index contributed by atoms with van der Waals surface area (Å²) in [6, 6.07) is 16.4. The summed E-state index contributed by atoms with van der Waals surface area (Å²) in [5.41, 5.74) is 6.38. The average molecular weight is 506 g/mol. The van der Waals surface area contributed by atoms with Crippen molar-refractivity contribution in [1.82, 2.24) is 14.3 Å². The Balaban J connectivity index is 1.70. The van der Waals surface area contributed by atoms with Crippen molar-refractivity contribution in [3.63, 3.8) is 0 Å². The highest BCUT2D eigenvalue weighted by molar-refractivity contribution is 9.10. The topological polar surface area (TPSA) is 81.3 Å². The lowest BCUT2D eigenvalue weighted by atomic mass is 10.2. The molecule has 33 heavy (non-hydrogen) atoms. The van der Waals surface area contributed by atoms with Crippen LogP contribution in [0, 0.1) is 13.8 Å². The van der Waals surface area contributed by atoms with Gasteiger partial charge in [0.05, 0.1) is 17.1 Å². The van der Waals surface area contributed by atoms with Gasteiger partial charge < -0.3 is 0 Å². The van der Waals surface area contributed by atoms with E-state index in [9.17, 15) is 9.59 Å². The van der Waals surface area contributed by atoms with Gasteiger partial charge in [0.15, 0.2) is 0 Å². The summed E-state index contributed by atoms with van der Waals surface area (Å²) in [6.07, 6.45) is 3.11. The van der Waals surface area contributed by atoms with E-state index in [1.165, 1.54) is 4.68 Å². The summed E-state index contributed by atoms with van der Waals surface area (Å²) in [6.45, 7) is 5.83. The van der Waals surface area contributed by atoms with Crippen molar-refractivity contribution < 1.29 is 4.79 Å². The van der Waals surface area contributed by atoms with Gasteiger partial charge in [0, 0.05) is 33.4 Å². The molecular formula is C25H24BrN5O2. The molecule has 2 aromatic carbocycles. The average Bonchev–Trinajstić information content (AvgIpc) is 3.07. The number of carbonyl (C=O) groups excluding carboxylic acids is 1. The molecule has 168 valence electrons. The highest BCUT2D eigenvalue weighted by atomic mass is 79.9. The monoisotopic (exact) mass is 505 g/mol. The van der Waals surface area contributed by atoms with Crippen LogP contribution in [0.3, 0.4) is 0 Å². The van der Waals surface area contributed by atoms with Crippen LogP contribution >= 0.6 is 15.9 Å². The molecule has 0 saturated heterocycles. The Morgan fingerprint density at radius 3 is 2.64 bits per heavy atom. The third-order valence-corrected chi connectivity index (χ3v) is 5.87. The molecule has 0 bridgehead atoms. The summed E-state index contributed by atoms with van der Waals surface area (Å²) in [5, 5.41) is 5.00. The van der Waals surface area contributed by atoms with Crippen LogP contribution in [0.25, 0.3) is 10.9 Å². The molecule has 0 radical (unpaired) electrons. The highest BCUT2D eigenvalue weighted by Crippen LogP contribution is 2.17. The van der Waals surface area contributed by atoms with E-state index in [0.717, 1.165) is 27.8 Å². The largest absolute Gasteiger partial charge is 0.282 e. The zero-order valence-corrected chi connectivity index (χ0v) is 20.3. The van der Waals surface area contributed by atoms with Crippen LogP contribution in [-0.2, 0) is 6.42 Å². The normalized spacial score (nSPS) is 11.4. The molecular weight excluding hydrogens is 482 g/mol. The van der Waals surface area contributed by atoms with Crippen molar-refractivity contribution >= 4 is 39.0 Å². The van der Waals surface area contributed by atoms with E-state index < -0.39 is 0 Å². The Hall–Kier alpha value is -3.52. The second-order valence-electron chi connectivity index (χ2n) is 7.77. The molecule has 0 aliphatic rings. The molecule has 2 aromatic heterocycles. The number of rotatable bonds is 6. The maximum Gasteiger partial charge on any atom is 0.282 e. The molecule has 2 heterocycles. The molecule has 0 spiro atoms. The van der Waals surface area contributed by atoms with E-state index in [4.69, 9.17) is 0 Å². The Kier molecular flexibility index (Phi) is 6.55. The van der Waals surface area contributed by atoms with E-state index in [-0.39, 0.29) is 11.5 Å². The van der Waals surface area contributed by atoms with Gasteiger partial charge in [-0.15, -0.1) is 0 Å². The predicted molar refractivity (Wildman–Crippen MR) is 135 cm³/mol. The van der Waals surface area contributed by atoms with Crippen LogP contribution in [0.1, 0.15) is 46.5 Å². The molecule has 0 atom stereocenters. The second-order valence-corrected chi connectivity index (χ2v) is 8.69. The molecule has 0 fully saturated rings. The van der Waals surface area contributed by atoms with E-state index in [0.29, 0.717) is 28.7 Å². The Bertz CT molecular complexity index is 1420. The Morgan fingerprint density at radius 1 is 1.15 bits per heavy atom. The Morgan fingerprint density at radius 2 is 1.91 bits per heavy atom. The van der Waals surface area contributed by atoms with Gasteiger partial charge in [-0.3, -0.25) is 19.7 Å². The lowest BCUT2D eigenvalue weighted by Crippen LogP contribution is -2.25. The lowest BCUT2D eigenvalue weighted by Gasteiger charge is -2.11. The number of hydrogen-bond donors (Lipinski definition) is 1. The first-order chi connectivity index (χ1) is 15.9. The van der Waals surface area contributed by atoms with Gasteiger partial charge in [-0.05, 0) is 56.7 Å². The SMILES string of the molecule is CCCc1nc2ccc(Br)cc2c(=O)n1N=Cc1cc(C)n(NC(=O)c2ccccc2)c1C. The first-order valence-electron chi connectivity index (χ1n) is 10.7. The quantitative estimate of drug-likeness (QED) is 0.382. The summed E-state index contributed by atoms with van der Waals surface area (Å²) in [7, 11) is 0. The molecule has 1 N–H and O–H groups in total. The number of nitrogens with one attached hydrogen (secondary N) is 1. The fourth-order valence-corrected chi connectivity index (χ4v) is 4.03. The highest BCUT2D eigenvalue weighted by Gasteiger charge is 2.13. The Labute approximate surface area is 199 Å². The summed E-state index contributed by atoms with van der Waals surface area (Å²) in [5.74, 6) is 0.409. The lowest BCUT2D eigenvalue weighted by molar-refractivity contribution is 0.101. The van der Waals surface area contributed by atoms with Gasteiger partial charge in [-0.2, -0.15) is 9.78 Å². The molecule has 1 amide bonds. The molecule has 0 aliphatic heterocycles. The first kappa shape index (κ1) is 22.7. The van der Waals surface area contributed by atoms with E-state index >= 15 is 0 Å². The summed E-state index contributed by atoms with van der Waals surface area (Å²) < 4.78 is 3.90. The van der Waals surface area contributed by atoms with Crippen LogP contribution in [0.2, 0.25) is 0 Å². The minimum Gasteiger partial charge on any atom is -0.267 e. The number of carbonyl (C=O) groups is 1. The maximum atomic E-state index is 13.2. The molecule has 0 unspecified atom stereocenters. The number of benzene rings is 2. The fourth-order valence-electron chi connectivity index (χ4n) is 3.67. The van der Waals surface area contributed by atoms with Crippen LogP contribution in [0.15, 0.2) is 69.0 Å². The van der Waals surface area contributed by atoms with Crippen LogP contribution < -0.4 is 11.0 Å². The van der Waals surface area contributed by atoms with Crippen molar-refractivity contribution in [3.8, 4) is 0 Å². The molecule has 0 aliphatic carbocycles. The molecule has 7 nitrogen and oxygen atoms in total. The first-order valence-corrected chi connectivity index (χ1v) is 11.5. The maximum absolute atomic E-state index is 13.2. The van der Waals surface area contributed by atoms with Gasteiger partial charge in [-0.1, -0.05) is 41.1 Å². The molecule has 8 heteroatoms. The van der Waals surface area contributed by atoms with Crippen molar-refractivity contribution in [2.75, 3.05) is 5.43 Å². The van der Waals surface area contributed by atoms with Gasteiger partial charge in [-0.25, -0.2) is 4.98 Å². The molecule has 0 saturated carbocycles. The number of hydrogen-bond acceptors (Lipinski definition) is 4. The van der Waals surface area contributed by atoms with E-state index in [1.807, 2.05) is 57.2 Å². The standard InChI is InChI=1S/C25H24BrN5O2/c1-4-8-23-28-22-12-11-20(26)14-21(22)25(33)31(23)27-15-19-13-16(2)30(17(19)3)29-24(32)18-9-6-5-7-10-18/h5-7,9-15H,4,8H2,1-3H3,(H,29,32). The third kappa shape index (κ3) is 4.66. The van der Waals surface area contributed by atoms with Crippen molar-refractivity contribution in [2.45, 2.75) is 33.6 Å². The number of fused-ring (bicyclic) bond motifs is 1. The van der Waals surface area contributed by atoms with Crippen molar-refractivity contribution in [3.05, 3.63) is 97.8 Å². The third-order valence-electron chi connectivity index (χ3n) is 5.38. The van der Waals surface area contributed by atoms with E-state index in [2.05, 4.69) is 31.4 Å². The molecule has 4 aromatic rings. The number of nitrogens with zero attached hydrogens (tertiary/aromatic N) is 4. The van der Waals surface area contributed by atoms with Crippen molar-refractivity contribution in [2.24, 2.45) is 5.10 Å². The number of amides is 1. The minimum atomic E-state index is -0.216. The van der Waals surface area contributed by atoms with Gasteiger partial charge in [0.25, 0.3) is 11.5 Å². The second kappa shape index (κ2) is 9.54. The van der Waals surface area contributed by atoms with Gasteiger partial charge >= 0.3 is 0 Å². The number of aryl methyl sites for hydroxylation is 2. The zero-order valence-electron chi connectivity index (χ0n) is 18.7. The van der Waals surface area contributed by atoms with Crippen LogP contribution in [-0.4, -0.2) is 26.5 Å². The predicted octanol–water partition coefficient (Wildman–Crippen LogP) is 4.80.